The number of carbonyl (C=O) groups excluding carboxylic acids is 1. The molecular formula is C38H36O. The Morgan fingerprint density at radius 3 is 1.97 bits per heavy atom. The molecule has 2 saturated carbocycles. The van der Waals surface area contributed by atoms with Crippen molar-refractivity contribution in [2.75, 3.05) is 0 Å². The number of ketones is 1. The Hall–Kier alpha value is -3.45. The highest BCUT2D eigenvalue weighted by Crippen LogP contribution is 2.53. The monoisotopic (exact) mass is 508 g/mol. The van der Waals surface area contributed by atoms with E-state index in [1.165, 1.54) is 98.9 Å². The van der Waals surface area contributed by atoms with Crippen molar-refractivity contribution in [3.63, 3.8) is 0 Å². The Morgan fingerprint density at radius 2 is 1.21 bits per heavy atom. The molecule has 0 amide bonds. The highest BCUT2D eigenvalue weighted by Gasteiger charge is 2.36. The lowest BCUT2D eigenvalue weighted by Crippen LogP contribution is -2.21. The van der Waals surface area contributed by atoms with Crippen LogP contribution >= 0.6 is 0 Å². The number of carbonyl (C=O) groups is 1. The third-order valence-electron chi connectivity index (χ3n) is 10.3. The van der Waals surface area contributed by atoms with Crippen molar-refractivity contribution in [2.45, 2.75) is 82.5 Å². The largest absolute Gasteiger partial charge is 0.299 e. The molecule has 39 heavy (non-hydrogen) atoms. The molecule has 0 bridgehead atoms. The van der Waals surface area contributed by atoms with E-state index in [0.717, 1.165) is 38.5 Å². The van der Waals surface area contributed by atoms with Gasteiger partial charge < -0.3 is 0 Å². The molecule has 0 saturated heterocycles. The first-order valence-corrected chi connectivity index (χ1v) is 15.3. The van der Waals surface area contributed by atoms with Crippen LogP contribution in [-0.4, -0.2) is 5.78 Å². The van der Waals surface area contributed by atoms with E-state index in [0.29, 0.717) is 11.7 Å². The van der Waals surface area contributed by atoms with Crippen LogP contribution in [0.4, 0.5) is 0 Å². The summed E-state index contributed by atoms with van der Waals surface area (Å²) in [6.45, 7) is 0. The van der Waals surface area contributed by atoms with Crippen molar-refractivity contribution >= 4 is 5.78 Å². The summed E-state index contributed by atoms with van der Waals surface area (Å²) in [6.07, 6.45) is 12.4. The quantitative estimate of drug-likeness (QED) is 0.232. The van der Waals surface area contributed by atoms with Gasteiger partial charge in [0.05, 0.1) is 0 Å². The van der Waals surface area contributed by atoms with Crippen LogP contribution in [0, 0.1) is 0 Å². The van der Waals surface area contributed by atoms with Gasteiger partial charge >= 0.3 is 0 Å². The van der Waals surface area contributed by atoms with E-state index in [-0.39, 0.29) is 5.92 Å². The summed E-state index contributed by atoms with van der Waals surface area (Å²) in [4.78, 5) is 13.8. The van der Waals surface area contributed by atoms with Crippen molar-refractivity contribution in [3.8, 4) is 33.4 Å². The van der Waals surface area contributed by atoms with Gasteiger partial charge in [-0.2, -0.15) is 0 Å². The predicted molar refractivity (Wildman–Crippen MR) is 160 cm³/mol. The van der Waals surface area contributed by atoms with Crippen LogP contribution in [0.3, 0.4) is 0 Å². The Balaban J connectivity index is 1.44. The summed E-state index contributed by atoms with van der Waals surface area (Å²) in [6, 6.07) is 27.5. The van der Waals surface area contributed by atoms with Gasteiger partial charge in [0, 0.05) is 12.3 Å². The molecule has 1 atom stereocenters. The highest BCUT2D eigenvalue weighted by molar-refractivity contribution is 5.96. The van der Waals surface area contributed by atoms with Crippen LogP contribution in [0.25, 0.3) is 33.4 Å². The Labute approximate surface area is 232 Å². The lowest BCUT2D eigenvalue weighted by atomic mass is 9.71. The van der Waals surface area contributed by atoms with Gasteiger partial charge in [0.15, 0.2) is 0 Å². The number of hydrogen-bond acceptors (Lipinski definition) is 1. The predicted octanol–water partition coefficient (Wildman–Crippen LogP) is 9.77. The van der Waals surface area contributed by atoms with Crippen molar-refractivity contribution in [1.29, 1.82) is 0 Å². The first-order chi connectivity index (χ1) is 19.3. The van der Waals surface area contributed by atoms with Crippen LogP contribution < -0.4 is 0 Å². The fraction of sp³-hybridized carbons (Fsp3) is 0.342. The average Bonchev–Trinajstić information content (AvgIpc) is 3.56. The highest BCUT2D eigenvalue weighted by atomic mass is 16.1. The summed E-state index contributed by atoms with van der Waals surface area (Å²) in [7, 11) is 0. The van der Waals surface area contributed by atoms with Crippen LogP contribution in [0.2, 0.25) is 0 Å². The third-order valence-corrected chi connectivity index (χ3v) is 10.3. The molecule has 1 heteroatoms. The van der Waals surface area contributed by atoms with Gasteiger partial charge in [-0.05, 0) is 117 Å². The molecule has 0 radical (unpaired) electrons. The molecule has 0 aliphatic heterocycles. The molecular weight excluding hydrogens is 472 g/mol. The first kappa shape index (κ1) is 23.4. The molecule has 0 spiro atoms. The second kappa shape index (κ2) is 9.33. The fourth-order valence-corrected chi connectivity index (χ4v) is 8.43. The summed E-state index contributed by atoms with van der Waals surface area (Å²) < 4.78 is 0. The molecule has 0 heterocycles. The van der Waals surface area contributed by atoms with Gasteiger partial charge in [-0.3, -0.25) is 4.79 Å². The number of rotatable bonds is 3. The lowest BCUT2D eigenvalue weighted by molar-refractivity contribution is -0.121. The molecule has 4 aliphatic rings. The van der Waals surface area contributed by atoms with Crippen molar-refractivity contribution < 1.29 is 4.79 Å². The van der Waals surface area contributed by atoms with Crippen molar-refractivity contribution in [2.24, 2.45) is 0 Å². The van der Waals surface area contributed by atoms with E-state index in [1.807, 2.05) is 0 Å². The topological polar surface area (TPSA) is 17.1 Å². The second-order valence-electron chi connectivity index (χ2n) is 12.4. The normalized spacial score (nSPS) is 19.9. The third kappa shape index (κ3) is 3.69. The number of Topliss-reactive ketones (excluding diaryl/α,β-unsaturated/α-hetero) is 1. The molecule has 8 rings (SSSR count). The fourth-order valence-electron chi connectivity index (χ4n) is 8.43. The summed E-state index contributed by atoms with van der Waals surface area (Å²) >= 11 is 0. The van der Waals surface area contributed by atoms with Gasteiger partial charge in [-0.1, -0.05) is 92.4 Å². The van der Waals surface area contributed by atoms with E-state index in [1.54, 1.807) is 0 Å². The summed E-state index contributed by atoms with van der Waals surface area (Å²) in [5, 5.41) is 0. The minimum absolute atomic E-state index is 0.0278. The Kier molecular flexibility index (Phi) is 5.61. The SMILES string of the molecule is O=C1CCCCC1c1c2c(cc(C3CCCCC3)c1-c1cccc3c1Cc1ccccc1-3)-c1ccccc1C2. The second-order valence-corrected chi connectivity index (χ2v) is 12.4. The van der Waals surface area contributed by atoms with E-state index < -0.39 is 0 Å². The average molecular weight is 509 g/mol. The maximum Gasteiger partial charge on any atom is 0.140 e. The van der Waals surface area contributed by atoms with Crippen LogP contribution in [0.1, 0.15) is 103 Å². The van der Waals surface area contributed by atoms with Crippen LogP contribution in [0.15, 0.2) is 72.8 Å². The van der Waals surface area contributed by atoms with E-state index in [4.69, 9.17) is 0 Å². The minimum Gasteiger partial charge on any atom is -0.299 e. The summed E-state index contributed by atoms with van der Waals surface area (Å²) in [5.41, 5.74) is 17.1. The molecule has 0 N–H and O–H groups in total. The number of benzene rings is 4. The number of hydrogen-bond donors (Lipinski definition) is 0. The zero-order chi connectivity index (χ0) is 25.9. The van der Waals surface area contributed by atoms with Crippen LogP contribution in [0.5, 0.6) is 0 Å². The van der Waals surface area contributed by atoms with Gasteiger partial charge in [0.2, 0.25) is 0 Å². The van der Waals surface area contributed by atoms with E-state index >= 15 is 0 Å². The minimum atomic E-state index is 0.0278. The zero-order valence-electron chi connectivity index (χ0n) is 22.8. The molecule has 4 aromatic rings. The standard InChI is InChI=1S/C38H36O/c39-36-20-9-8-17-31(36)38-35-22-26-14-5-7-16-28(26)34(35)23-32(24-11-2-1-3-12-24)37(38)30-19-10-18-29-27-15-6-4-13-25(27)21-33(29)30/h4-7,10,13-16,18-19,23-24,31H,1-3,8-9,11-12,17,20-22H2. The van der Waals surface area contributed by atoms with Crippen molar-refractivity contribution in [3.05, 3.63) is 106 Å². The summed E-state index contributed by atoms with van der Waals surface area (Å²) in [5.74, 6) is 1.07. The van der Waals surface area contributed by atoms with Gasteiger partial charge in [-0.15, -0.1) is 0 Å². The maximum absolute atomic E-state index is 13.8. The lowest BCUT2D eigenvalue weighted by Gasteiger charge is -2.32. The molecule has 2 fully saturated rings. The molecule has 194 valence electrons. The van der Waals surface area contributed by atoms with E-state index in [9.17, 15) is 4.79 Å². The zero-order valence-corrected chi connectivity index (χ0v) is 22.8. The molecule has 4 aliphatic carbocycles. The van der Waals surface area contributed by atoms with Gasteiger partial charge in [0.25, 0.3) is 0 Å². The maximum atomic E-state index is 13.8. The van der Waals surface area contributed by atoms with E-state index in [2.05, 4.69) is 72.8 Å². The van der Waals surface area contributed by atoms with Gasteiger partial charge in [0.1, 0.15) is 5.78 Å². The molecule has 1 unspecified atom stereocenters. The first-order valence-electron chi connectivity index (χ1n) is 15.3. The molecule has 4 aromatic carbocycles. The smallest absolute Gasteiger partial charge is 0.140 e. The molecule has 1 nitrogen and oxygen atoms in total. The Bertz CT molecular complexity index is 1620. The molecule has 0 aromatic heterocycles. The Morgan fingerprint density at radius 1 is 0.564 bits per heavy atom. The number of fused-ring (bicyclic) bond motifs is 6. The van der Waals surface area contributed by atoms with Crippen molar-refractivity contribution in [1.82, 2.24) is 0 Å². The van der Waals surface area contributed by atoms with Gasteiger partial charge in [-0.25, -0.2) is 0 Å². The van der Waals surface area contributed by atoms with Crippen LogP contribution in [-0.2, 0) is 17.6 Å².